The lowest BCUT2D eigenvalue weighted by atomic mass is 9.32. The number of carbonyl (C=O) groups is 2. The van der Waals surface area contributed by atoms with Gasteiger partial charge in [0.25, 0.3) is 0 Å². The summed E-state index contributed by atoms with van der Waals surface area (Å²) >= 11 is 0. The van der Waals surface area contributed by atoms with Crippen molar-refractivity contribution in [2.24, 2.45) is 67.8 Å². The molecule has 0 aliphatic heterocycles. The minimum Gasteiger partial charge on any atom is -0.481 e. The summed E-state index contributed by atoms with van der Waals surface area (Å²) in [4.78, 5) is 24.6. The number of rotatable bonds is 6. The van der Waals surface area contributed by atoms with E-state index in [1.165, 1.54) is 56.9 Å². The monoisotopic (exact) mass is 569 g/mol. The van der Waals surface area contributed by atoms with Gasteiger partial charge in [-0.25, -0.2) is 0 Å². The van der Waals surface area contributed by atoms with Crippen molar-refractivity contribution in [2.45, 2.75) is 132 Å². The molecule has 5 nitrogen and oxygen atoms in total. The van der Waals surface area contributed by atoms with E-state index in [-0.39, 0.29) is 34.7 Å². The molecular formula is C36H59NO4. The maximum Gasteiger partial charge on any atom is 0.309 e. The van der Waals surface area contributed by atoms with E-state index in [0.717, 1.165) is 19.4 Å². The lowest BCUT2D eigenvalue weighted by Crippen LogP contribution is -2.67. The number of hydrogen-bond acceptors (Lipinski definition) is 4. The second-order valence-electron chi connectivity index (χ2n) is 17.5. The van der Waals surface area contributed by atoms with E-state index in [2.05, 4.69) is 48.1 Å². The summed E-state index contributed by atoms with van der Waals surface area (Å²) in [6, 6.07) is 0. The number of nitrogens with two attached hydrogens (primary N) is 1. The van der Waals surface area contributed by atoms with Gasteiger partial charge in [0.2, 0.25) is 0 Å². The first-order valence-corrected chi connectivity index (χ1v) is 16.7. The van der Waals surface area contributed by atoms with Crippen molar-refractivity contribution in [3.63, 3.8) is 0 Å². The van der Waals surface area contributed by atoms with Crippen LogP contribution in [0.15, 0.2) is 12.2 Å². The molecule has 0 bridgehead atoms. The Morgan fingerprint density at radius 2 is 1.59 bits per heavy atom. The predicted octanol–water partition coefficient (Wildman–Crippen LogP) is 8.02. The fourth-order valence-corrected chi connectivity index (χ4v) is 12.5. The van der Waals surface area contributed by atoms with E-state index in [4.69, 9.17) is 10.5 Å². The van der Waals surface area contributed by atoms with Crippen LogP contribution < -0.4 is 5.73 Å². The van der Waals surface area contributed by atoms with Gasteiger partial charge >= 0.3 is 11.9 Å². The molecule has 0 aromatic carbocycles. The van der Waals surface area contributed by atoms with E-state index in [9.17, 15) is 14.7 Å². The number of ether oxygens (including phenoxy) is 1. The van der Waals surface area contributed by atoms with E-state index in [0.29, 0.717) is 40.4 Å². The summed E-state index contributed by atoms with van der Waals surface area (Å²) in [5.41, 5.74) is 7.83. The smallest absolute Gasteiger partial charge is 0.309 e. The first kappa shape index (κ1) is 31.1. The van der Waals surface area contributed by atoms with Crippen LogP contribution in [0.1, 0.15) is 126 Å². The molecule has 5 fully saturated rings. The summed E-state index contributed by atoms with van der Waals surface area (Å²) < 4.78 is 6.14. The zero-order valence-electron chi connectivity index (χ0n) is 27.4. The SMILES string of the molecule is C=C(C)[C@@H]1CC[C@]2(CN)CC[C@]3(C)[C@H](CC[C@@H]4[C@@]5(C)CC[C@H](OC(=O)CC(C)(C)C(=O)O)C(C)(C)[C@@H]5CC[C@]43C)[C@@H]12. The molecular weight excluding hydrogens is 510 g/mol. The fraction of sp³-hybridized carbons (Fsp3) is 0.889. The Kier molecular flexibility index (Phi) is 7.45. The largest absolute Gasteiger partial charge is 0.481 e. The van der Waals surface area contributed by atoms with Gasteiger partial charge in [-0.15, -0.1) is 0 Å². The summed E-state index contributed by atoms with van der Waals surface area (Å²) in [7, 11) is 0. The minimum atomic E-state index is -1.12. The van der Waals surface area contributed by atoms with E-state index in [1.807, 2.05) is 0 Å². The van der Waals surface area contributed by atoms with Gasteiger partial charge in [-0.2, -0.15) is 0 Å². The Bertz CT molecular complexity index is 1100. The molecule has 41 heavy (non-hydrogen) atoms. The predicted molar refractivity (Wildman–Crippen MR) is 164 cm³/mol. The van der Waals surface area contributed by atoms with Gasteiger partial charge in [-0.3, -0.25) is 9.59 Å². The highest BCUT2D eigenvalue weighted by molar-refractivity contribution is 5.81. The highest BCUT2D eigenvalue weighted by Crippen LogP contribution is 2.77. The van der Waals surface area contributed by atoms with Crippen LogP contribution in [0.4, 0.5) is 0 Å². The molecule has 3 N–H and O–H groups in total. The molecule has 5 aliphatic carbocycles. The molecule has 5 aliphatic rings. The van der Waals surface area contributed by atoms with Crippen molar-refractivity contribution in [1.29, 1.82) is 0 Å². The Hall–Kier alpha value is -1.36. The summed E-state index contributed by atoms with van der Waals surface area (Å²) in [5.74, 6) is 1.81. The third-order valence-corrected chi connectivity index (χ3v) is 15.0. The molecule has 5 heteroatoms. The first-order valence-electron chi connectivity index (χ1n) is 16.7. The number of carboxylic acids is 1. The average Bonchev–Trinajstić information content (AvgIpc) is 3.26. The molecule has 5 saturated carbocycles. The van der Waals surface area contributed by atoms with Crippen LogP contribution in [0.2, 0.25) is 0 Å². The van der Waals surface area contributed by atoms with Crippen molar-refractivity contribution < 1.29 is 19.4 Å². The maximum atomic E-state index is 13.0. The van der Waals surface area contributed by atoms with Gasteiger partial charge in [-0.05, 0) is 143 Å². The van der Waals surface area contributed by atoms with E-state index < -0.39 is 11.4 Å². The third-order valence-electron chi connectivity index (χ3n) is 15.0. The van der Waals surface area contributed by atoms with Crippen LogP contribution in [0, 0.1) is 62.1 Å². The van der Waals surface area contributed by atoms with Crippen LogP contribution in [-0.2, 0) is 14.3 Å². The molecule has 0 spiro atoms. The average molecular weight is 570 g/mol. The molecule has 0 amide bonds. The first-order chi connectivity index (χ1) is 18.9. The van der Waals surface area contributed by atoms with Crippen molar-refractivity contribution in [3.8, 4) is 0 Å². The third kappa shape index (κ3) is 4.32. The quantitative estimate of drug-likeness (QED) is 0.250. The molecule has 0 heterocycles. The topological polar surface area (TPSA) is 89.6 Å². The zero-order valence-corrected chi connectivity index (χ0v) is 27.4. The standard InChI is InChI=1S/C36H59NO4/c1-22(2)23-12-17-36(21-37)19-18-34(8)24(29(23)36)10-11-26-33(7)15-14-27(41-28(38)20-31(3,4)30(39)40)32(5,6)25(33)13-16-35(26,34)9/h23-27,29H,1,10-21,37H2,2-9H3,(H,39,40)/t23-,24+,25-,26+,27-,29+,33-,34+,35+,36+/m0/s1. The molecule has 0 radical (unpaired) electrons. The van der Waals surface area contributed by atoms with Crippen LogP contribution >= 0.6 is 0 Å². The Labute approximate surface area is 249 Å². The van der Waals surface area contributed by atoms with E-state index >= 15 is 0 Å². The number of carboxylic acid groups (broad SMARTS) is 1. The van der Waals surface area contributed by atoms with Crippen LogP contribution in [0.5, 0.6) is 0 Å². The summed E-state index contributed by atoms with van der Waals surface area (Å²) in [6.45, 7) is 23.3. The second-order valence-corrected chi connectivity index (χ2v) is 17.5. The molecule has 0 saturated heterocycles. The Morgan fingerprint density at radius 3 is 2.20 bits per heavy atom. The lowest BCUT2D eigenvalue weighted by molar-refractivity contribution is -0.249. The summed E-state index contributed by atoms with van der Waals surface area (Å²) in [6.07, 6.45) is 11.8. The van der Waals surface area contributed by atoms with Crippen molar-refractivity contribution >= 4 is 11.9 Å². The van der Waals surface area contributed by atoms with Crippen LogP contribution in [0.3, 0.4) is 0 Å². The maximum absolute atomic E-state index is 13.0. The van der Waals surface area contributed by atoms with Crippen molar-refractivity contribution in [3.05, 3.63) is 12.2 Å². The molecule has 0 unspecified atom stereocenters. The molecule has 10 atom stereocenters. The number of esters is 1. The normalized spacial score (nSPS) is 46.9. The fourth-order valence-electron chi connectivity index (χ4n) is 12.5. The molecule has 0 aromatic heterocycles. The van der Waals surface area contributed by atoms with Gasteiger partial charge in [-0.1, -0.05) is 46.8 Å². The van der Waals surface area contributed by atoms with Crippen LogP contribution in [-0.4, -0.2) is 29.7 Å². The van der Waals surface area contributed by atoms with Gasteiger partial charge in [0, 0.05) is 5.41 Å². The van der Waals surface area contributed by atoms with E-state index in [1.54, 1.807) is 13.8 Å². The minimum absolute atomic E-state index is 0.0894. The lowest BCUT2D eigenvalue weighted by Gasteiger charge is -2.73. The molecule has 0 aromatic rings. The number of hydrogen-bond donors (Lipinski definition) is 2. The highest BCUT2D eigenvalue weighted by Gasteiger charge is 2.70. The number of carbonyl (C=O) groups excluding carboxylic acids is 1. The van der Waals surface area contributed by atoms with Crippen molar-refractivity contribution in [1.82, 2.24) is 0 Å². The molecule has 5 rings (SSSR count). The van der Waals surface area contributed by atoms with Crippen LogP contribution in [0.25, 0.3) is 0 Å². The Morgan fingerprint density at radius 1 is 0.902 bits per heavy atom. The number of fused-ring (bicyclic) bond motifs is 7. The summed E-state index contributed by atoms with van der Waals surface area (Å²) in [5, 5.41) is 9.53. The van der Waals surface area contributed by atoms with Gasteiger partial charge in [0.1, 0.15) is 6.10 Å². The Balaban J connectivity index is 1.41. The second kappa shape index (κ2) is 9.83. The molecule has 232 valence electrons. The number of allylic oxidation sites excluding steroid dienone is 1. The van der Waals surface area contributed by atoms with Gasteiger partial charge in [0.15, 0.2) is 0 Å². The van der Waals surface area contributed by atoms with Gasteiger partial charge in [0.05, 0.1) is 11.8 Å². The highest BCUT2D eigenvalue weighted by atomic mass is 16.5. The zero-order chi connectivity index (χ0) is 30.4. The van der Waals surface area contributed by atoms with Crippen molar-refractivity contribution in [2.75, 3.05) is 6.54 Å². The number of aliphatic carboxylic acids is 1. The van der Waals surface area contributed by atoms with Gasteiger partial charge < -0.3 is 15.6 Å².